The molecule has 0 aliphatic heterocycles. The van der Waals surface area contributed by atoms with E-state index in [1.165, 1.54) is 12.1 Å². The topological polar surface area (TPSA) is 91.7 Å². The second-order valence-corrected chi connectivity index (χ2v) is 7.00. The molecule has 2 aliphatic rings. The lowest BCUT2D eigenvalue weighted by Crippen LogP contribution is -2.45. The quantitative estimate of drug-likeness (QED) is 0.829. The lowest BCUT2D eigenvalue weighted by molar-refractivity contribution is -0.119. The van der Waals surface area contributed by atoms with Crippen molar-refractivity contribution in [2.45, 2.75) is 32.8 Å². The Hall–Kier alpha value is -2.27. The van der Waals surface area contributed by atoms with Crippen LogP contribution >= 0.6 is 0 Å². The standard InChI is InChI=1S/C18H18O5/c1-18(2)7-11(19)13(12(20)8-18)14-15(21)9-5-3-4-6-10(9)16(22)17(14)23/h3-6,14,17,19,23H,7-8H2,1-2H3. The zero-order valence-corrected chi connectivity index (χ0v) is 13.0. The van der Waals surface area contributed by atoms with E-state index in [4.69, 9.17) is 0 Å². The summed E-state index contributed by atoms with van der Waals surface area (Å²) in [6.07, 6.45) is -1.24. The van der Waals surface area contributed by atoms with Gasteiger partial charge in [0.05, 0.1) is 5.92 Å². The molecular formula is C18H18O5. The van der Waals surface area contributed by atoms with Crippen molar-refractivity contribution in [3.63, 3.8) is 0 Å². The minimum atomic E-state index is -1.64. The van der Waals surface area contributed by atoms with E-state index < -0.39 is 29.0 Å². The number of fused-ring (bicyclic) bond motifs is 1. The van der Waals surface area contributed by atoms with E-state index in [0.29, 0.717) is 0 Å². The van der Waals surface area contributed by atoms with Crippen molar-refractivity contribution in [3.05, 3.63) is 46.7 Å². The molecule has 0 radical (unpaired) electrons. The highest BCUT2D eigenvalue weighted by Crippen LogP contribution is 2.41. The number of allylic oxidation sites excluding steroid dienone is 1. The fourth-order valence-corrected chi connectivity index (χ4v) is 3.48. The molecule has 5 nitrogen and oxygen atoms in total. The fraction of sp³-hybridized carbons (Fsp3) is 0.389. The molecule has 2 unspecified atom stereocenters. The molecule has 5 heteroatoms. The highest BCUT2D eigenvalue weighted by molar-refractivity contribution is 6.20. The van der Waals surface area contributed by atoms with Crippen LogP contribution in [0.2, 0.25) is 0 Å². The summed E-state index contributed by atoms with van der Waals surface area (Å²) in [5.41, 5.74) is -0.171. The number of aliphatic hydroxyl groups excluding tert-OH is 2. The van der Waals surface area contributed by atoms with Crippen LogP contribution in [0.3, 0.4) is 0 Å². The van der Waals surface area contributed by atoms with Gasteiger partial charge in [-0.2, -0.15) is 0 Å². The Morgan fingerprint density at radius 3 is 2.13 bits per heavy atom. The van der Waals surface area contributed by atoms with Crippen LogP contribution in [0.5, 0.6) is 0 Å². The number of benzene rings is 1. The molecule has 1 aromatic carbocycles. The molecule has 0 fully saturated rings. The van der Waals surface area contributed by atoms with E-state index in [1.807, 2.05) is 13.8 Å². The van der Waals surface area contributed by atoms with Crippen LogP contribution in [-0.2, 0) is 4.79 Å². The Morgan fingerprint density at radius 1 is 1.00 bits per heavy atom. The molecular weight excluding hydrogens is 296 g/mol. The van der Waals surface area contributed by atoms with E-state index in [-0.39, 0.29) is 41.1 Å². The Morgan fingerprint density at radius 2 is 1.57 bits per heavy atom. The normalized spacial score (nSPS) is 27.2. The van der Waals surface area contributed by atoms with Gasteiger partial charge in [-0.15, -0.1) is 0 Å². The molecule has 2 atom stereocenters. The molecule has 120 valence electrons. The summed E-state index contributed by atoms with van der Waals surface area (Å²) < 4.78 is 0. The maximum atomic E-state index is 12.7. The van der Waals surface area contributed by atoms with Crippen LogP contribution in [0.15, 0.2) is 35.6 Å². The fourth-order valence-electron chi connectivity index (χ4n) is 3.48. The van der Waals surface area contributed by atoms with Crippen molar-refractivity contribution in [2.24, 2.45) is 11.3 Å². The Kier molecular flexibility index (Phi) is 3.48. The Bertz CT molecular complexity index is 756. The van der Waals surface area contributed by atoms with E-state index in [0.717, 1.165) is 0 Å². The van der Waals surface area contributed by atoms with Gasteiger partial charge in [-0.3, -0.25) is 14.4 Å². The molecule has 2 N–H and O–H groups in total. The molecule has 3 rings (SSSR count). The van der Waals surface area contributed by atoms with Gasteiger partial charge in [-0.25, -0.2) is 0 Å². The maximum Gasteiger partial charge on any atom is 0.193 e. The number of hydrogen-bond donors (Lipinski definition) is 2. The van der Waals surface area contributed by atoms with Crippen LogP contribution in [0.4, 0.5) is 0 Å². The molecule has 0 heterocycles. The second-order valence-electron chi connectivity index (χ2n) is 7.00. The number of ketones is 3. The number of carbonyl (C=O) groups excluding carboxylic acids is 3. The maximum absolute atomic E-state index is 12.7. The molecule has 1 aromatic rings. The molecule has 2 aliphatic carbocycles. The lowest BCUT2D eigenvalue weighted by Gasteiger charge is -2.35. The van der Waals surface area contributed by atoms with Gasteiger partial charge in [0.15, 0.2) is 17.3 Å². The summed E-state index contributed by atoms with van der Waals surface area (Å²) in [4.78, 5) is 37.5. The largest absolute Gasteiger partial charge is 0.512 e. The van der Waals surface area contributed by atoms with Gasteiger partial charge in [-0.1, -0.05) is 38.1 Å². The van der Waals surface area contributed by atoms with Crippen molar-refractivity contribution in [1.82, 2.24) is 0 Å². The third-order valence-corrected chi connectivity index (χ3v) is 4.53. The SMILES string of the molecule is CC1(C)CC(=O)C(C2C(=O)c3ccccc3C(=O)C2O)=C(O)C1. The average Bonchev–Trinajstić information content (AvgIpc) is 2.46. The van der Waals surface area contributed by atoms with Gasteiger partial charge in [0, 0.05) is 29.5 Å². The minimum absolute atomic E-state index is 0.107. The van der Waals surface area contributed by atoms with Gasteiger partial charge in [0.1, 0.15) is 11.9 Å². The summed E-state index contributed by atoms with van der Waals surface area (Å²) in [5.74, 6) is -2.99. The summed E-state index contributed by atoms with van der Waals surface area (Å²) >= 11 is 0. The Balaban J connectivity index is 2.12. The first-order valence-electron chi connectivity index (χ1n) is 7.54. The summed E-state index contributed by atoms with van der Waals surface area (Å²) in [5, 5.41) is 20.6. The van der Waals surface area contributed by atoms with Gasteiger partial charge < -0.3 is 10.2 Å². The number of hydrogen-bond acceptors (Lipinski definition) is 5. The van der Waals surface area contributed by atoms with E-state index in [9.17, 15) is 24.6 Å². The molecule has 0 amide bonds. The number of carbonyl (C=O) groups is 3. The lowest BCUT2D eigenvalue weighted by atomic mass is 9.68. The van der Waals surface area contributed by atoms with Crippen molar-refractivity contribution < 1.29 is 24.6 Å². The predicted octanol–water partition coefficient (Wildman–Crippen LogP) is 2.24. The van der Waals surface area contributed by atoms with Crippen molar-refractivity contribution >= 4 is 17.3 Å². The summed E-state index contributed by atoms with van der Waals surface area (Å²) in [7, 11) is 0. The van der Waals surface area contributed by atoms with Gasteiger partial charge in [0.25, 0.3) is 0 Å². The number of aliphatic hydroxyl groups is 2. The first-order chi connectivity index (χ1) is 10.7. The first kappa shape index (κ1) is 15.6. The van der Waals surface area contributed by atoms with Crippen molar-refractivity contribution in [3.8, 4) is 0 Å². The second kappa shape index (κ2) is 5.13. The Labute approximate surface area is 133 Å². The predicted molar refractivity (Wildman–Crippen MR) is 82.3 cm³/mol. The van der Waals surface area contributed by atoms with Crippen molar-refractivity contribution in [1.29, 1.82) is 0 Å². The number of rotatable bonds is 1. The number of Topliss-reactive ketones (excluding diaryl/α,β-unsaturated/α-hetero) is 3. The minimum Gasteiger partial charge on any atom is -0.512 e. The molecule has 0 bridgehead atoms. The smallest absolute Gasteiger partial charge is 0.193 e. The summed E-state index contributed by atoms with van der Waals surface area (Å²) in [6.45, 7) is 3.69. The molecule has 0 aromatic heterocycles. The average molecular weight is 314 g/mol. The highest BCUT2D eigenvalue weighted by Gasteiger charge is 2.47. The van der Waals surface area contributed by atoms with E-state index >= 15 is 0 Å². The van der Waals surface area contributed by atoms with Crippen LogP contribution in [-0.4, -0.2) is 33.7 Å². The summed E-state index contributed by atoms with van der Waals surface area (Å²) in [6, 6.07) is 6.22. The monoisotopic (exact) mass is 314 g/mol. The van der Waals surface area contributed by atoms with Gasteiger partial charge in [0.2, 0.25) is 0 Å². The first-order valence-corrected chi connectivity index (χ1v) is 7.54. The molecule has 0 saturated carbocycles. The zero-order valence-electron chi connectivity index (χ0n) is 13.0. The van der Waals surface area contributed by atoms with Crippen LogP contribution in [0.1, 0.15) is 47.4 Å². The third kappa shape index (κ3) is 2.41. The van der Waals surface area contributed by atoms with Gasteiger partial charge in [-0.05, 0) is 5.41 Å². The van der Waals surface area contributed by atoms with E-state index in [1.54, 1.807) is 12.1 Å². The zero-order chi connectivity index (χ0) is 16.9. The van der Waals surface area contributed by atoms with Gasteiger partial charge >= 0.3 is 0 Å². The van der Waals surface area contributed by atoms with Crippen molar-refractivity contribution in [2.75, 3.05) is 0 Å². The van der Waals surface area contributed by atoms with E-state index in [2.05, 4.69) is 0 Å². The molecule has 0 saturated heterocycles. The highest BCUT2D eigenvalue weighted by atomic mass is 16.3. The third-order valence-electron chi connectivity index (χ3n) is 4.53. The van der Waals surface area contributed by atoms with Crippen LogP contribution in [0, 0.1) is 11.3 Å². The molecule has 23 heavy (non-hydrogen) atoms. The molecule has 0 spiro atoms. The van der Waals surface area contributed by atoms with Crippen LogP contribution < -0.4 is 0 Å². The van der Waals surface area contributed by atoms with Crippen LogP contribution in [0.25, 0.3) is 0 Å².